The van der Waals surface area contributed by atoms with Gasteiger partial charge in [0.05, 0.1) is 0 Å². The van der Waals surface area contributed by atoms with Gasteiger partial charge in [0.25, 0.3) is 5.91 Å². The molecule has 4 nitrogen and oxygen atoms in total. The molecule has 0 aliphatic rings. The number of anilines is 1. The van der Waals surface area contributed by atoms with Crippen molar-refractivity contribution >= 4 is 38.5 Å². The van der Waals surface area contributed by atoms with Gasteiger partial charge in [0.2, 0.25) is 5.55 Å². The van der Waals surface area contributed by atoms with E-state index in [1.807, 2.05) is 36.4 Å². The molecule has 1 aromatic heterocycles. The maximum Gasteiger partial charge on any atom is 0.261 e. The summed E-state index contributed by atoms with van der Waals surface area (Å²) in [6.07, 6.45) is 0. The van der Waals surface area contributed by atoms with Crippen LogP contribution in [-0.4, -0.2) is 5.91 Å². The second-order valence-electron chi connectivity index (χ2n) is 5.90. The van der Waals surface area contributed by atoms with E-state index >= 15 is 0 Å². The standard InChI is InChI=1S/C19H17BrN2O2/c1-11(2)12-3-6-15(7-4-12)22-19(23)16-10-13-9-14(20)5-8-17(13)24-18(16)21/h3-11,21H,1-2H3,(H,22,23). The maximum absolute atomic E-state index is 12.5. The summed E-state index contributed by atoms with van der Waals surface area (Å²) >= 11 is 3.40. The summed E-state index contributed by atoms with van der Waals surface area (Å²) in [7, 11) is 0. The number of carbonyl (C=O) groups excluding carboxylic acids is 1. The molecule has 1 heterocycles. The molecule has 0 aliphatic carbocycles. The van der Waals surface area contributed by atoms with Crippen LogP contribution in [0.3, 0.4) is 0 Å². The van der Waals surface area contributed by atoms with Gasteiger partial charge in [0, 0.05) is 15.5 Å². The Morgan fingerprint density at radius 2 is 1.83 bits per heavy atom. The molecule has 0 saturated heterocycles. The van der Waals surface area contributed by atoms with Crippen LogP contribution in [0.25, 0.3) is 11.0 Å². The first-order valence-corrected chi connectivity index (χ1v) is 8.42. The number of fused-ring (bicyclic) bond motifs is 1. The zero-order valence-corrected chi connectivity index (χ0v) is 15.0. The maximum atomic E-state index is 12.5. The van der Waals surface area contributed by atoms with Crippen LogP contribution >= 0.6 is 15.9 Å². The molecular weight excluding hydrogens is 368 g/mol. The topological polar surface area (TPSA) is 66.1 Å². The number of benzene rings is 2. The summed E-state index contributed by atoms with van der Waals surface area (Å²) in [5.41, 5.74) is 2.52. The molecule has 3 rings (SSSR count). The first kappa shape index (κ1) is 16.5. The SMILES string of the molecule is CC(C)c1ccc(NC(=O)c2cc3cc(Br)ccc3oc2=N)cc1. The lowest BCUT2D eigenvalue weighted by molar-refractivity contribution is 0.102. The van der Waals surface area contributed by atoms with Crippen LogP contribution in [0, 0.1) is 5.41 Å². The molecule has 5 heteroatoms. The highest BCUT2D eigenvalue weighted by Gasteiger charge is 2.12. The number of amides is 1. The molecule has 0 fully saturated rings. The monoisotopic (exact) mass is 384 g/mol. The number of nitrogens with one attached hydrogen (secondary N) is 2. The summed E-state index contributed by atoms with van der Waals surface area (Å²) in [4.78, 5) is 12.5. The number of rotatable bonds is 3. The summed E-state index contributed by atoms with van der Waals surface area (Å²) in [5.74, 6) is 0.0789. The highest BCUT2D eigenvalue weighted by molar-refractivity contribution is 9.10. The van der Waals surface area contributed by atoms with Crippen molar-refractivity contribution in [3.05, 3.63) is 69.7 Å². The van der Waals surface area contributed by atoms with Gasteiger partial charge < -0.3 is 9.73 Å². The molecule has 1 amide bonds. The second-order valence-corrected chi connectivity index (χ2v) is 6.82. The minimum absolute atomic E-state index is 0.152. The zero-order chi connectivity index (χ0) is 17.3. The van der Waals surface area contributed by atoms with Crippen LogP contribution in [-0.2, 0) is 0 Å². The van der Waals surface area contributed by atoms with Crippen molar-refractivity contribution < 1.29 is 9.21 Å². The van der Waals surface area contributed by atoms with Crippen LogP contribution in [0.1, 0.15) is 35.7 Å². The number of hydrogen-bond donors (Lipinski definition) is 2. The van der Waals surface area contributed by atoms with Crippen molar-refractivity contribution in [3.63, 3.8) is 0 Å². The molecule has 24 heavy (non-hydrogen) atoms. The molecule has 0 aliphatic heterocycles. The van der Waals surface area contributed by atoms with Gasteiger partial charge in [-0.05, 0) is 47.9 Å². The smallest absolute Gasteiger partial charge is 0.261 e. The molecule has 122 valence electrons. The van der Waals surface area contributed by atoms with Crippen molar-refractivity contribution in [3.8, 4) is 0 Å². The van der Waals surface area contributed by atoms with Crippen molar-refractivity contribution in [2.45, 2.75) is 19.8 Å². The summed E-state index contributed by atoms with van der Waals surface area (Å²) in [5, 5.41) is 11.5. The third kappa shape index (κ3) is 3.41. The highest BCUT2D eigenvalue weighted by Crippen LogP contribution is 2.20. The van der Waals surface area contributed by atoms with Gasteiger partial charge in [-0.1, -0.05) is 41.9 Å². The van der Waals surface area contributed by atoms with Crippen LogP contribution in [0.4, 0.5) is 5.69 Å². The van der Waals surface area contributed by atoms with Gasteiger partial charge in [0.15, 0.2) is 0 Å². The Balaban J connectivity index is 1.90. The number of carbonyl (C=O) groups is 1. The predicted molar refractivity (Wildman–Crippen MR) is 98.3 cm³/mol. The van der Waals surface area contributed by atoms with E-state index in [4.69, 9.17) is 9.83 Å². The molecule has 2 aromatic carbocycles. The lowest BCUT2D eigenvalue weighted by atomic mass is 10.0. The molecule has 0 unspecified atom stereocenters. The predicted octanol–water partition coefficient (Wildman–Crippen LogP) is 5.05. The van der Waals surface area contributed by atoms with E-state index in [1.165, 1.54) is 5.56 Å². The Kier molecular flexibility index (Phi) is 4.53. The van der Waals surface area contributed by atoms with Gasteiger partial charge in [0.1, 0.15) is 11.1 Å². The first-order valence-electron chi connectivity index (χ1n) is 7.63. The Bertz CT molecular complexity index is 959. The van der Waals surface area contributed by atoms with Crippen molar-refractivity contribution in [1.82, 2.24) is 0 Å². The fraction of sp³-hybridized carbons (Fsp3) is 0.158. The second kappa shape index (κ2) is 6.61. The molecular formula is C19H17BrN2O2. The van der Waals surface area contributed by atoms with Crippen LogP contribution < -0.4 is 10.9 Å². The van der Waals surface area contributed by atoms with E-state index in [2.05, 4.69) is 35.1 Å². The Hall–Kier alpha value is -2.40. The van der Waals surface area contributed by atoms with E-state index < -0.39 is 0 Å². The summed E-state index contributed by atoms with van der Waals surface area (Å²) < 4.78 is 6.33. The van der Waals surface area contributed by atoms with Gasteiger partial charge >= 0.3 is 0 Å². The fourth-order valence-corrected chi connectivity index (χ4v) is 2.81. The van der Waals surface area contributed by atoms with Crippen molar-refractivity contribution in [2.24, 2.45) is 0 Å². The fourth-order valence-electron chi connectivity index (χ4n) is 2.43. The zero-order valence-electron chi connectivity index (χ0n) is 13.4. The molecule has 2 N–H and O–H groups in total. The van der Waals surface area contributed by atoms with E-state index in [0.717, 1.165) is 9.86 Å². The van der Waals surface area contributed by atoms with Gasteiger partial charge in [-0.2, -0.15) is 0 Å². The van der Waals surface area contributed by atoms with Crippen molar-refractivity contribution in [2.75, 3.05) is 5.32 Å². The van der Waals surface area contributed by atoms with E-state index in [1.54, 1.807) is 12.1 Å². The minimum Gasteiger partial charge on any atom is -0.438 e. The third-order valence-corrected chi connectivity index (χ3v) is 4.30. The van der Waals surface area contributed by atoms with Gasteiger partial charge in [-0.3, -0.25) is 10.2 Å². The molecule has 0 saturated carbocycles. The normalized spacial score (nSPS) is 11.0. The van der Waals surface area contributed by atoms with Gasteiger partial charge in [-0.25, -0.2) is 0 Å². The largest absolute Gasteiger partial charge is 0.438 e. The Labute approximate surface area is 148 Å². The summed E-state index contributed by atoms with van der Waals surface area (Å²) in [6, 6.07) is 14.8. The molecule has 0 spiro atoms. The Morgan fingerprint density at radius 1 is 1.12 bits per heavy atom. The lowest BCUT2D eigenvalue weighted by Crippen LogP contribution is -2.20. The van der Waals surface area contributed by atoms with E-state index in [0.29, 0.717) is 17.2 Å². The van der Waals surface area contributed by atoms with Crippen LogP contribution in [0.15, 0.2) is 57.4 Å². The number of halogens is 1. The lowest BCUT2D eigenvalue weighted by Gasteiger charge is -2.09. The van der Waals surface area contributed by atoms with E-state index in [9.17, 15) is 4.79 Å². The molecule has 0 bridgehead atoms. The van der Waals surface area contributed by atoms with E-state index in [-0.39, 0.29) is 17.0 Å². The molecule has 0 radical (unpaired) electrons. The Morgan fingerprint density at radius 3 is 2.50 bits per heavy atom. The third-order valence-electron chi connectivity index (χ3n) is 3.81. The average Bonchev–Trinajstić information content (AvgIpc) is 2.55. The minimum atomic E-state index is -0.358. The van der Waals surface area contributed by atoms with Crippen LogP contribution in [0.2, 0.25) is 0 Å². The summed E-state index contributed by atoms with van der Waals surface area (Å²) in [6.45, 7) is 4.24. The molecule has 0 atom stereocenters. The van der Waals surface area contributed by atoms with Crippen LogP contribution in [0.5, 0.6) is 0 Å². The quantitative estimate of drug-likeness (QED) is 0.663. The highest BCUT2D eigenvalue weighted by atomic mass is 79.9. The number of hydrogen-bond acceptors (Lipinski definition) is 3. The molecule has 3 aromatic rings. The van der Waals surface area contributed by atoms with Gasteiger partial charge in [-0.15, -0.1) is 0 Å². The average molecular weight is 385 g/mol. The van der Waals surface area contributed by atoms with Crippen molar-refractivity contribution in [1.29, 1.82) is 5.41 Å². The first-order chi connectivity index (χ1) is 11.4.